The molecule has 0 atom stereocenters. The SMILES string of the molecule is O=C(Nc1ccccc1-n1ncc2c(=O)[nH]cnc21)c1ccc2c(c1)C(=O)N(C1CCCCC1)C2=O. The van der Waals surface area contributed by atoms with Crippen molar-refractivity contribution in [2.24, 2.45) is 0 Å². The average Bonchev–Trinajstić information content (AvgIpc) is 3.44. The van der Waals surface area contributed by atoms with Gasteiger partial charge in [0, 0.05) is 11.6 Å². The Morgan fingerprint density at radius 3 is 2.58 bits per heavy atom. The van der Waals surface area contributed by atoms with Crippen molar-refractivity contribution in [2.75, 3.05) is 5.32 Å². The lowest BCUT2D eigenvalue weighted by Crippen LogP contribution is -2.40. The van der Waals surface area contributed by atoms with Gasteiger partial charge in [-0.15, -0.1) is 0 Å². The molecule has 1 aliphatic carbocycles. The first-order valence-electron chi connectivity index (χ1n) is 11.9. The van der Waals surface area contributed by atoms with Crippen LogP contribution in [0.25, 0.3) is 16.7 Å². The highest BCUT2D eigenvalue weighted by atomic mass is 16.2. The van der Waals surface area contributed by atoms with E-state index in [4.69, 9.17) is 0 Å². The maximum Gasteiger partial charge on any atom is 0.261 e. The largest absolute Gasteiger partial charge is 0.320 e. The summed E-state index contributed by atoms with van der Waals surface area (Å²) >= 11 is 0. The number of H-pyrrole nitrogens is 1. The van der Waals surface area contributed by atoms with Gasteiger partial charge >= 0.3 is 0 Å². The molecule has 1 saturated carbocycles. The molecule has 0 saturated heterocycles. The fourth-order valence-corrected chi connectivity index (χ4v) is 5.06. The number of nitrogens with one attached hydrogen (secondary N) is 2. The van der Waals surface area contributed by atoms with Gasteiger partial charge < -0.3 is 10.3 Å². The number of imide groups is 1. The number of anilines is 1. The number of aromatic nitrogens is 4. The van der Waals surface area contributed by atoms with Crippen LogP contribution in [0.5, 0.6) is 0 Å². The number of fused-ring (bicyclic) bond motifs is 2. The van der Waals surface area contributed by atoms with Crippen LogP contribution in [0.1, 0.15) is 63.2 Å². The van der Waals surface area contributed by atoms with Gasteiger partial charge in [-0.1, -0.05) is 31.4 Å². The molecule has 10 nitrogen and oxygen atoms in total. The number of benzene rings is 2. The Bertz CT molecular complexity index is 1600. The zero-order valence-electron chi connectivity index (χ0n) is 19.2. The fourth-order valence-electron chi connectivity index (χ4n) is 5.06. The summed E-state index contributed by atoms with van der Waals surface area (Å²) in [5.74, 6) is -1.06. The Kier molecular flexibility index (Phi) is 5.21. The van der Waals surface area contributed by atoms with Gasteiger partial charge in [0.25, 0.3) is 23.3 Å². The van der Waals surface area contributed by atoms with Gasteiger partial charge in [0.05, 0.1) is 35.0 Å². The number of para-hydroxylation sites is 2. The Labute approximate surface area is 205 Å². The first-order valence-corrected chi connectivity index (χ1v) is 11.9. The molecule has 2 aromatic carbocycles. The van der Waals surface area contributed by atoms with E-state index < -0.39 is 5.91 Å². The molecule has 6 rings (SSSR count). The van der Waals surface area contributed by atoms with Crippen LogP contribution in [-0.2, 0) is 0 Å². The maximum absolute atomic E-state index is 13.2. The standard InChI is InChI=1S/C26H22N6O4/c33-23(15-10-11-17-18(12-15)26(36)31(25(17)35)16-6-2-1-3-7-16)30-20-8-4-5-9-21(20)32-22-19(13-29-32)24(34)28-14-27-22/h4-5,8-14,16H,1-3,6-7H2,(H,30,33)(H,27,28,34). The van der Waals surface area contributed by atoms with E-state index >= 15 is 0 Å². The third-order valence-corrected chi connectivity index (χ3v) is 6.87. The summed E-state index contributed by atoms with van der Waals surface area (Å²) in [7, 11) is 0. The highest BCUT2D eigenvalue weighted by molar-refractivity contribution is 6.22. The summed E-state index contributed by atoms with van der Waals surface area (Å²) < 4.78 is 1.48. The van der Waals surface area contributed by atoms with E-state index in [-0.39, 0.29) is 34.5 Å². The Hall–Kier alpha value is -4.60. The minimum absolute atomic E-state index is 0.0833. The van der Waals surface area contributed by atoms with Crippen molar-refractivity contribution in [3.8, 4) is 5.69 Å². The van der Waals surface area contributed by atoms with E-state index in [1.54, 1.807) is 36.4 Å². The second-order valence-corrected chi connectivity index (χ2v) is 9.03. The number of rotatable bonds is 4. The van der Waals surface area contributed by atoms with Crippen LogP contribution in [0.15, 0.2) is 59.8 Å². The number of carbonyl (C=O) groups excluding carboxylic acids is 3. The first-order chi connectivity index (χ1) is 17.5. The van der Waals surface area contributed by atoms with Gasteiger partial charge in [0.1, 0.15) is 5.39 Å². The normalized spacial score (nSPS) is 15.9. The molecule has 0 unspecified atom stereocenters. The van der Waals surface area contributed by atoms with Crippen LogP contribution >= 0.6 is 0 Å². The van der Waals surface area contributed by atoms with Gasteiger partial charge in [0.2, 0.25) is 0 Å². The molecule has 4 aromatic rings. The molecule has 0 spiro atoms. The molecule has 0 radical (unpaired) electrons. The van der Waals surface area contributed by atoms with E-state index in [0.717, 1.165) is 32.1 Å². The smallest absolute Gasteiger partial charge is 0.261 e. The summed E-state index contributed by atoms with van der Waals surface area (Å²) in [5, 5.41) is 7.47. The van der Waals surface area contributed by atoms with Crippen molar-refractivity contribution in [1.82, 2.24) is 24.6 Å². The van der Waals surface area contributed by atoms with Crippen LogP contribution in [0.3, 0.4) is 0 Å². The van der Waals surface area contributed by atoms with E-state index in [1.807, 2.05) is 0 Å². The van der Waals surface area contributed by atoms with Crippen molar-refractivity contribution in [3.05, 3.63) is 82.0 Å². The summed E-state index contributed by atoms with van der Waals surface area (Å²) in [5.41, 5.74) is 1.86. The summed E-state index contributed by atoms with van der Waals surface area (Å²) in [6, 6.07) is 11.5. The van der Waals surface area contributed by atoms with Crippen molar-refractivity contribution in [1.29, 1.82) is 0 Å². The molecule has 2 N–H and O–H groups in total. The Balaban J connectivity index is 1.30. The lowest BCUT2D eigenvalue weighted by atomic mass is 9.94. The Morgan fingerprint density at radius 1 is 0.972 bits per heavy atom. The van der Waals surface area contributed by atoms with Crippen molar-refractivity contribution in [2.45, 2.75) is 38.1 Å². The second-order valence-electron chi connectivity index (χ2n) is 9.03. The van der Waals surface area contributed by atoms with Gasteiger partial charge in [0.15, 0.2) is 5.65 Å². The predicted octanol–water partition coefficient (Wildman–Crippen LogP) is 3.29. The van der Waals surface area contributed by atoms with E-state index in [2.05, 4.69) is 20.4 Å². The summed E-state index contributed by atoms with van der Waals surface area (Å²) in [6.45, 7) is 0. The summed E-state index contributed by atoms with van der Waals surface area (Å²) in [6.07, 6.45) is 7.47. The lowest BCUT2D eigenvalue weighted by Gasteiger charge is -2.29. The van der Waals surface area contributed by atoms with Gasteiger partial charge in [-0.25, -0.2) is 9.67 Å². The molecule has 0 bridgehead atoms. The second kappa shape index (κ2) is 8.56. The molecular weight excluding hydrogens is 460 g/mol. The zero-order valence-corrected chi connectivity index (χ0v) is 19.2. The first kappa shape index (κ1) is 21.9. The topological polar surface area (TPSA) is 130 Å². The molecule has 2 aliphatic rings. The van der Waals surface area contributed by atoms with Crippen LogP contribution in [0.4, 0.5) is 5.69 Å². The van der Waals surface area contributed by atoms with Gasteiger partial charge in [-0.3, -0.25) is 24.1 Å². The molecule has 3 heterocycles. The van der Waals surface area contributed by atoms with Gasteiger partial charge in [-0.05, 0) is 43.2 Å². The van der Waals surface area contributed by atoms with Crippen LogP contribution < -0.4 is 10.9 Å². The van der Waals surface area contributed by atoms with E-state index in [1.165, 1.54) is 28.2 Å². The van der Waals surface area contributed by atoms with E-state index in [9.17, 15) is 19.2 Å². The molecule has 1 fully saturated rings. The van der Waals surface area contributed by atoms with Crippen molar-refractivity contribution < 1.29 is 14.4 Å². The van der Waals surface area contributed by atoms with Gasteiger partial charge in [-0.2, -0.15) is 5.10 Å². The lowest BCUT2D eigenvalue weighted by molar-refractivity contribution is 0.0549. The molecule has 2 aromatic heterocycles. The Morgan fingerprint density at radius 2 is 1.75 bits per heavy atom. The molecule has 1 aliphatic heterocycles. The molecule has 10 heteroatoms. The van der Waals surface area contributed by atoms with Crippen LogP contribution in [0, 0.1) is 0 Å². The highest BCUT2D eigenvalue weighted by Gasteiger charge is 2.40. The minimum atomic E-state index is -0.441. The molecule has 180 valence electrons. The predicted molar refractivity (Wildman–Crippen MR) is 131 cm³/mol. The van der Waals surface area contributed by atoms with Crippen LogP contribution in [-0.4, -0.2) is 48.4 Å². The fraction of sp³-hybridized carbons (Fsp3) is 0.231. The maximum atomic E-state index is 13.2. The summed E-state index contributed by atoms with van der Waals surface area (Å²) in [4.78, 5) is 59.4. The van der Waals surface area contributed by atoms with E-state index in [0.29, 0.717) is 28.0 Å². The molecule has 3 amide bonds. The highest BCUT2D eigenvalue weighted by Crippen LogP contribution is 2.32. The number of amides is 3. The van der Waals surface area contributed by atoms with Crippen LogP contribution in [0.2, 0.25) is 0 Å². The zero-order chi connectivity index (χ0) is 24.8. The number of hydrogen-bond acceptors (Lipinski definition) is 6. The quantitative estimate of drug-likeness (QED) is 0.429. The molecule has 36 heavy (non-hydrogen) atoms. The average molecular weight is 483 g/mol. The minimum Gasteiger partial charge on any atom is -0.320 e. The number of carbonyl (C=O) groups is 3. The van der Waals surface area contributed by atoms with Crippen molar-refractivity contribution in [3.63, 3.8) is 0 Å². The number of aromatic amines is 1. The van der Waals surface area contributed by atoms with Crippen molar-refractivity contribution >= 4 is 34.4 Å². The number of hydrogen-bond donors (Lipinski definition) is 2. The monoisotopic (exact) mass is 482 g/mol. The third-order valence-electron chi connectivity index (χ3n) is 6.87. The molecular formula is C26H22N6O4. The number of nitrogens with zero attached hydrogens (tertiary/aromatic N) is 4. The third kappa shape index (κ3) is 3.49.